The van der Waals surface area contributed by atoms with Crippen LogP contribution in [0.4, 0.5) is 5.82 Å². The topological polar surface area (TPSA) is 24.9 Å². The minimum Gasteiger partial charge on any atom is -0.372 e. The molecule has 1 aromatic rings. The number of halogens is 2. The van der Waals surface area contributed by atoms with Gasteiger partial charge in [0, 0.05) is 17.7 Å². The van der Waals surface area contributed by atoms with Crippen molar-refractivity contribution in [3.05, 3.63) is 20.3 Å². The molecule has 0 atom stereocenters. The maximum atomic E-state index is 4.13. The number of anilines is 1. The second kappa shape index (κ2) is 3.52. The van der Waals surface area contributed by atoms with E-state index in [4.69, 9.17) is 0 Å². The van der Waals surface area contributed by atoms with E-state index in [0.29, 0.717) is 0 Å². The largest absolute Gasteiger partial charge is 0.372 e. The van der Waals surface area contributed by atoms with E-state index in [0.717, 1.165) is 13.9 Å². The first kappa shape index (κ1) is 8.26. The lowest BCUT2D eigenvalue weighted by atomic mass is 10.5. The average molecular weight is 313 g/mol. The molecule has 0 aromatic carbocycles. The van der Waals surface area contributed by atoms with Gasteiger partial charge in [-0.25, -0.2) is 4.98 Å². The molecular weight excluding hydrogens is 307 g/mol. The lowest BCUT2D eigenvalue weighted by molar-refractivity contribution is 1.25. The number of nitrogens with one attached hydrogen (secondary N) is 1. The first-order valence-electron chi connectivity index (χ1n) is 2.73. The molecule has 0 bridgehead atoms. The van der Waals surface area contributed by atoms with Gasteiger partial charge >= 0.3 is 0 Å². The molecule has 0 saturated carbocycles. The van der Waals surface area contributed by atoms with Crippen molar-refractivity contribution in [2.75, 3.05) is 12.4 Å². The number of pyridine rings is 1. The van der Waals surface area contributed by atoms with Crippen LogP contribution in [0.1, 0.15) is 0 Å². The van der Waals surface area contributed by atoms with Gasteiger partial charge in [0.2, 0.25) is 0 Å². The Balaban J connectivity index is 3.07. The van der Waals surface area contributed by atoms with E-state index >= 15 is 0 Å². The van der Waals surface area contributed by atoms with Gasteiger partial charge in [0.25, 0.3) is 0 Å². The Labute approximate surface area is 81.7 Å². The molecule has 0 aliphatic carbocycles. The summed E-state index contributed by atoms with van der Waals surface area (Å²) in [5, 5.41) is 2.98. The van der Waals surface area contributed by atoms with Crippen LogP contribution >= 0.6 is 38.5 Å². The molecule has 1 rings (SSSR count). The van der Waals surface area contributed by atoms with Gasteiger partial charge in [0.15, 0.2) is 0 Å². The fourth-order valence-electron chi connectivity index (χ4n) is 0.599. The van der Waals surface area contributed by atoms with Crippen molar-refractivity contribution in [1.82, 2.24) is 4.98 Å². The predicted octanol–water partition coefficient (Wildman–Crippen LogP) is 2.49. The van der Waals surface area contributed by atoms with Crippen molar-refractivity contribution in [2.45, 2.75) is 0 Å². The van der Waals surface area contributed by atoms with Crippen molar-refractivity contribution < 1.29 is 0 Å². The van der Waals surface area contributed by atoms with E-state index < -0.39 is 0 Å². The third-order valence-electron chi connectivity index (χ3n) is 1.04. The molecule has 0 fully saturated rings. The highest BCUT2D eigenvalue weighted by atomic mass is 127. The van der Waals surface area contributed by atoms with Crippen LogP contribution in [0.2, 0.25) is 0 Å². The van der Waals surface area contributed by atoms with Gasteiger partial charge in [0.05, 0.1) is 3.57 Å². The maximum Gasteiger partial charge on any atom is 0.139 e. The molecule has 1 heterocycles. The molecule has 10 heavy (non-hydrogen) atoms. The van der Waals surface area contributed by atoms with Crippen molar-refractivity contribution in [1.29, 1.82) is 0 Å². The van der Waals surface area contributed by atoms with Crippen LogP contribution in [0.3, 0.4) is 0 Å². The van der Waals surface area contributed by atoms with Gasteiger partial charge in [0.1, 0.15) is 5.82 Å². The zero-order valence-corrected chi connectivity index (χ0v) is 9.10. The lowest BCUT2D eigenvalue weighted by Crippen LogP contribution is -1.94. The summed E-state index contributed by atoms with van der Waals surface area (Å²) in [5.41, 5.74) is 0. The highest BCUT2D eigenvalue weighted by Crippen LogP contribution is 2.18. The van der Waals surface area contributed by atoms with E-state index in [2.05, 4.69) is 48.8 Å². The number of aromatic nitrogens is 1. The van der Waals surface area contributed by atoms with E-state index in [9.17, 15) is 0 Å². The molecule has 0 unspecified atom stereocenters. The van der Waals surface area contributed by atoms with Gasteiger partial charge in [-0.05, 0) is 44.6 Å². The highest BCUT2D eigenvalue weighted by molar-refractivity contribution is 14.1. The van der Waals surface area contributed by atoms with Crippen LogP contribution in [0, 0.1) is 3.57 Å². The molecule has 0 saturated heterocycles. The molecule has 0 spiro atoms. The number of nitrogens with zero attached hydrogens (tertiary/aromatic N) is 1. The molecule has 0 aliphatic heterocycles. The van der Waals surface area contributed by atoms with Crippen LogP contribution in [0.15, 0.2) is 16.7 Å². The molecule has 54 valence electrons. The van der Waals surface area contributed by atoms with Crippen molar-refractivity contribution in [3.8, 4) is 0 Å². The summed E-state index contributed by atoms with van der Waals surface area (Å²) in [7, 11) is 1.86. The Bertz CT molecular complexity index is 239. The Kier molecular flexibility index (Phi) is 2.91. The zero-order chi connectivity index (χ0) is 7.56. The summed E-state index contributed by atoms with van der Waals surface area (Å²) in [5.74, 6) is 0.920. The molecule has 0 aliphatic rings. The second-order valence-electron chi connectivity index (χ2n) is 1.73. The SMILES string of the molecule is CNc1ncc(Br)cc1I. The molecule has 1 aromatic heterocycles. The van der Waals surface area contributed by atoms with E-state index in [-0.39, 0.29) is 0 Å². The van der Waals surface area contributed by atoms with Crippen LogP contribution < -0.4 is 5.32 Å². The van der Waals surface area contributed by atoms with Gasteiger partial charge in [-0.2, -0.15) is 0 Å². The maximum absolute atomic E-state index is 4.13. The monoisotopic (exact) mass is 312 g/mol. The standard InChI is InChI=1S/C6H6BrIN2/c1-9-6-5(8)2-4(7)3-10-6/h2-3H,1H3,(H,9,10). The van der Waals surface area contributed by atoms with E-state index in [1.165, 1.54) is 0 Å². The van der Waals surface area contributed by atoms with E-state index in [1.54, 1.807) is 6.20 Å². The highest BCUT2D eigenvalue weighted by Gasteiger charge is 1.97. The van der Waals surface area contributed by atoms with E-state index in [1.807, 2.05) is 13.1 Å². The Morgan fingerprint density at radius 1 is 1.70 bits per heavy atom. The molecule has 0 radical (unpaired) electrons. The predicted molar refractivity (Wildman–Crippen MR) is 54.2 cm³/mol. The summed E-state index contributed by atoms with van der Waals surface area (Å²) in [6.07, 6.45) is 1.77. The van der Waals surface area contributed by atoms with Crippen LogP contribution in [-0.2, 0) is 0 Å². The molecule has 1 N–H and O–H groups in total. The molecule has 2 nitrogen and oxygen atoms in total. The van der Waals surface area contributed by atoms with Crippen molar-refractivity contribution in [2.24, 2.45) is 0 Å². The second-order valence-corrected chi connectivity index (χ2v) is 3.81. The Hall–Kier alpha value is 0.160. The summed E-state index contributed by atoms with van der Waals surface area (Å²) in [6, 6.07) is 2.01. The average Bonchev–Trinajstić information content (AvgIpc) is 1.88. The summed E-state index contributed by atoms with van der Waals surface area (Å²) < 4.78 is 2.13. The number of hydrogen-bond donors (Lipinski definition) is 1. The first-order chi connectivity index (χ1) is 4.74. The van der Waals surface area contributed by atoms with Crippen molar-refractivity contribution >= 4 is 44.3 Å². The quantitative estimate of drug-likeness (QED) is 0.806. The lowest BCUT2D eigenvalue weighted by Gasteiger charge is -2.00. The third-order valence-corrected chi connectivity index (χ3v) is 2.30. The summed E-state index contributed by atoms with van der Waals surface area (Å²) in [6.45, 7) is 0. The third kappa shape index (κ3) is 1.82. The van der Waals surface area contributed by atoms with Crippen molar-refractivity contribution in [3.63, 3.8) is 0 Å². The number of rotatable bonds is 1. The normalized spacial score (nSPS) is 9.50. The fourth-order valence-corrected chi connectivity index (χ4v) is 2.10. The first-order valence-corrected chi connectivity index (χ1v) is 4.60. The van der Waals surface area contributed by atoms with Crippen LogP contribution in [0.5, 0.6) is 0 Å². The summed E-state index contributed by atoms with van der Waals surface area (Å²) >= 11 is 5.56. The van der Waals surface area contributed by atoms with Crippen LogP contribution in [-0.4, -0.2) is 12.0 Å². The Morgan fingerprint density at radius 3 is 2.90 bits per heavy atom. The van der Waals surface area contributed by atoms with Crippen LogP contribution in [0.25, 0.3) is 0 Å². The van der Waals surface area contributed by atoms with Gasteiger partial charge in [-0.3, -0.25) is 0 Å². The number of hydrogen-bond acceptors (Lipinski definition) is 2. The molecular formula is C6H6BrIN2. The molecule has 4 heteroatoms. The minimum atomic E-state index is 0.920. The molecule has 0 amide bonds. The Morgan fingerprint density at radius 2 is 2.40 bits per heavy atom. The zero-order valence-electron chi connectivity index (χ0n) is 5.36. The van der Waals surface area contributed by atoms with Gasteiger partial charge in [-0.15, -0.1) is 0 Å². The fraction of sp³-hybridized carbons (Fsp3) is 0.167. The van der Waals surface area contributed by atoms with Gasteiger partial charge in [-0.1, -0.05) is 0 Å². The minimum absolute atomic E-state index is 0.920. The summed E-state index contributed by atoms with van der Waals surface area (Å²) in [4.78, 5) is 4.13. The smallest absolute Gasteiger partial charge is 0.139 e. The van der Waals surface area contributed by atoms with Gasteiger partial charge < -0.3 is 5.32 Å².